The van der Waals surface area contributed by atoms with Crippen LogP contribution in [0.3, 0.4) is 0 Å². The zero-order chi connectivity index (χ0) is 16.4. The first-order chi connectivity index (χ1) is 10.5. The molecule has 0 saturated carbocycles. The van der Waals surface area contributed by atoms with Crippen LogP contribution in [0.15, 0.2) is 24.3 Å². The first kappa shape index (κ1) is 21.7. The third kappa shape index (κ3) is 8.82. The molecule has 0 aliphatic heterocycles. The SMILES string of the molecule is CCCCCCCOc1ccc(CC[C@@](C)(N)C(=O)O)cc1.Cl. The summed E-state index contributed by atoms with van der Waals surface area (Å²) in [5.41, 5.74) is 5.63. The Balaban J connectivity index is 0.00000484. The maximum atomic E-state index is 11.0. The Morgan fingerprint density at radius 2 is 1.78 bits per heavy atom. The minimum Gasteiger partial charge on any atom is -0.494 e. The summed E-state index contributed by atoms with van der Waals surface area (Å²) in [6, 6.07) is 7.83. The van der Waals surface area contributed by atoms with E-state index >= 15 is 0 Å². The minimum absolute atomic E-state index is 0. The standard InChI is InChI=1S/C18H29NO3.ClH/c1-3-4-5-6-7-14-22-16-10-8-15(9-11-16)12-13-18(2,19)17(20)21;/h8-11H,3-7,12-14,19H2,1-2H3,(H,20,21);1H/t18-;/m1./s1. The summed E-state index contributed by atoms with van der Waals surface area (Å²) in [7, 11) is 0. The second kappa shape index (κ2) is 11.3. The number of rotatable bonds is 11. The first-order valence-corrected chi connectivity index (χ1v) is 8.19. The molecule has 0 fully saturated rings. The molecule has 0 heterocycles. The number of hydrogen-bond donors (Lipinski definition) is 2. The summed E-state index contributed by atoms with van der Waals surface area (Å²) in [6.07, 6.45) is 7.20. The van der Waals surface area contributed by atoms with E-state index in [0.29, 0.717) is 12.8 Å². The Morgan fingerprint density at radius 3 is 2.35 bits per heavy atom. The molecule has 1 aromatic rings. The van der Waals surface area contributed by atoms with Crippen molar-refractivity contribution < 1.29 is 14.6 Å². The first-order valence-electron chi connectivity index (χ1n) is 8.19. The maximum absolute atomic E-state index is 11.0. The summed E-state index contributed by atoms with van der Waals surface area (Å²) in [4.78, 5) is 11.0. The zero-order valence-electron chi connectivity index (χ0n) is 14.2. The molecule has 0 bridgehead atoms. The van der Waals surface area contributed by atoms with E-state index in [2.05, 4.69) is 6.92 Å². The van der Waals surface area contributed by atoms with Crippen LogP contribution in [0.2, 0.25) is 0 Å². The molecule has 0 saturated heterocycles. The van der Waals surface area contributed by atoms with Gasteiger partial charge in [0.2, 0.25) is 0 Å². The Morgan fingerprint density at radius 1 is 1.17 bits per heavy atom. The van der Waals surface area contributed by atoms with Crippen molar-refractivity contribution in [2.75, 3.05) is 6.61 Å². The minimum atomic E-state index is -1.17. The van der Waals surface area contributed by atoms with Gasteiger partial charge < -0.3 is 15.6 Å². The van der Waals surface area contributed by atoms with Crippen molar-refractivity contribution in [1.82, 2.24) is 0 Å². The number of benzene rings is 1. The lowest BCUT2D eigenvalue weighted by Gasteiger charge is -2.18. The maximum Gasteiger partial charge on any atom is 0.323 e. The third-order valence-corrected chi connectivity index (χ3v) is 3.86. The molecule has 4 nitrogen and oxygen atoms in total. The summed E-state index contributed by atoms with van der Waals surface area (Å²) < 4.78 is 5.71. The van der Waals surface area contributed by atoms with Crippen molar-refractivity contribution in [3.63, 3.8) is 0 Å². The topological polar surface area (TPSA) is 72.5 Å². The highest BCUT2D eigenvalue weighted by Gasteiger charge is 2.27. The number of carboxylic acids is 1. The monoisotopic (exact) mass is 343 g/mol. The van der Waals surface area contributed by atoms with Gasteiger partial charge in [0.25, 0.3) is 0 Å². The molecule has 23 heavy (non-hydrogen) atoms. The molecule has 132 valence electrons. The van der Waals surface area contributed by atoms with Gasteiger partial charge in [-0.15, -0.1) is 12.4 Å². The van der Waals surface area contributed by atoms with Crippen molar-refractivity contribution >= 4 is 18.4 Å². The molecule has 0 aliphatic carbocycles. The van der Waals surface area contributed by atoms with E-state index in [4.69, 9.17) is 15.6 Å². The lowest BCUT2D eigenvalue weighted by molar-refractivity contribution is -0.142. The molecule has 5 heteroatoms. The predicted octanol–water partition coefficient (Wildman–Crippen LogP) is 4.19. The third-order valence-electron chi connectivity index (χ3n) is 3.86. The van der Waals surface area contributed by atoms with Crippen LogP contribution in [0.1, 0.15) is 57.9 Å². The van der Waals surface area contributed by atoms with Crippen molar-refractivity contribution in [2.24, 2.45) is 5.73 Å². The van der Waals surface area contributed by atoms with E-state index in [1.54, 1.807) is 6.92 Å². The molecular weight excluding hydrogens is 314 g/mol. The number of halogens is 1. The van der Waals surface area contributed by atoms with E-state index in [9.17, 15) is 4.79 Å². The molecule has 0 spiro atoms. The molecule has 3 N–H and O–H groups in total. The van der Waals surface area contributed by atoms with Gasteiger partial charge in [0, 0.05) is 0 Å². The molecule has 0 radical (unpaired) electrons. The predicted molar refractivity (Wildman–Crippen MR) is 96.5 cm³/mol. The van der Waals surface area contributed by atoms with Crippen LogP contribution in [-0.2, 0) is 11.2 Å². The lowest BCUT2D eigenvalue weighted by atomic mass is 9.94. The number of nitrogens with two attached hydrogens (primary N) is 1. The Labute approximate surface area is 145 Å². The fraction of sp³-hybridized carbons (Fsp3) is 0.611. The fourth-order valence-electron chi connectivity index (χ4n) is 2.16. The summed E-state index contributed by atoms with van der Waals surface area (Å²) >= 11 is 0. The average Bonchev–Trinajstić information content (AvgIpc) is 2.50. The zero-order valence-corrected chi connectivity index (χ0v) is 15.0. The van der Waals surface area contributed by atoms with Crippen molar-refractivity contribution in [3.05, 3.63) is 29.8 Å². The van der Waals surface area contributed by atoms with Crippen molar-refractivity contribution in [3.8, 4) is 5.75 Å². The van der Waals surface area contributed by atoms with Gasteiger partial charge in [-0.2, -0.15) is 0 Å². The van der Waals surface area contributed by atoms with Gasteiger partial charge in [0.15, 0.2) is 0 Å². The quantitative estimate of drug-likeness (QED) is 0.591. The number of hydrogen-bond acceptors (Lipinski definition) is 3. The summed E-state index contributed by atoms with van der Waals surface area (Å²) in [5.74, 6) is -0.0940. The second-order valence-electron chi connectivity index (χ2n) is 6.13. The van der Waals surface area contributed by atoms with Gasteiger partial charge in [0.1, 0.15) is 11.3 Å². The van der Waals surface area contributed by atoms with Crippen LogP contribution in [0, 0.1) is 0 Å². The number of carbonyl (C=O) groups is 1. The lowest BCUT2D eigenvalue weighted by Crippen LogP contribution is -2.45. The normalized spacial score (nSPS) is 13.0. The number of carboxylic acid groups (broad SMARTS) is 1. The van der Waals surface area contributed by atoms with E-state index in [0.717, 1.165) is 24.3 Å². The molecule has 1 aromatic carbocycles. The number of ether oxygens (including phenoxy) is 1. The van der Waals surface area contributed by atoms with Crippen LogP contribution in [-0.4, -0.2) is 23.2 Å². The van der Waals surface area contributed by atoms with E-state index in [-0.39, 0.29) is 12.4 Å². The Bertz CT molecular complexity index is 446. The summed E-state index contributed by atoms with van der Waals surface area (Å²) in [5, 5.41) is 8.99. The van der Waals surface area contributed by atoms with Gasteiger partial charge in [0.05, 0.1) is 6.61 Å². The van der Waals surface area contributed by atoms with E-state index in [1.807, 2.05) is 24.3 Å². The van der Waals surface area contributed by atoms with Gasteiger partial charge in [-0.1, -0.05) is 44.7 Å². The highest BCUT2D eigenvalue weighted by Crippen LogP contribution is 2.17. The molecular formula is C18H30ClNO3. The molecule has 0 aromatic heterocycles. The molecule has 0 unspecified atom stereocenters. The summed E-state index contributed by atoms with van der Waals surface area (Å²) in [6.45, 7) is 4.51. The number of unbranched alkanes of at least 4 members (excludes halogenated alkanes) is 4. The number of aryl methyl sites for hydroxylation is 1. The highest BCUT2D eigenvalue weighted by molar-refractivity contribution is 5.85. The Kier molecular flexibility index (Phi) is 10.7. The van der Waals surface area contributed by atoms with Gasteiger partial charge in [-0.3, -0.25) is 4.79 Å². The van der Waals surface area contributed by atoms with Crippen LogP contribution in [0.4, 0.5) is 0 Å². The highest BCUT2D eigenvalue weighted by atomic mass is 35.5. The number of aliphatic carboxylic acids is 1. The van der Waals surface area contributed by atoms with Gasteiger partial charge in [-0.05, 0) is 43.9 Å². The van der Waals surface area contributed by atoms with Gasteiger partial charge in [-0.25, -0.2) is 0 Å². The molecule has 0 aliphatic rings. The molecule has 0 amide bonds. The fourth-order valence-corrected chi connectivity index (χ4v) is 2.16. The van der Waals surface area contributed by atoms with Crippen molar-refractivity contribution in [1.29, 1.82) is 0 Å². The van der Waals surface area contributed by atoms with Crippen LogP contribution >= 0.6 is 12.4 Å². The van der Waals surface area contributed by atoms with Crippen LogP contribution < -0.4 is 10.5 Å². The van der Waals surface area contributed by atoms with Crippen molar-refractivity contribution in [2.45, 2.75) is 64.3 Å². The molecule has 1 rings (SSSR count). The van der Waals surface area contributed by atoms with E-state index in [1.165, 1.54) is 25.7 Å². The van der Waals surface area contributed by atoms with E-state index < -0.39 is 11.5 Å². The Hall–Kier alpha value is -1.26. The average molecular weight is 344 g/mol. The van der Waals surface area contributed by atoms with Crippen LogP contribution in [0.5, 0.6) is 5.75 Å². The second-order valence-corrected chi connectivity index (χ2v) is 6.13. The molecule has 1 atom stereocenters. The van der Waals surface area contributed by atoms with Gasteiger partial charge >= 0.3 is 5.97 Å². The smallest absolute Gasteiger partial charge is 0.323 e. The van der Waals surface area contributed by atoms with Crippen LogP contribution in [0.25, 0.3) is 0 Å². The largest absolute Gasteiger partial charge is 0.494 e.